The number of rotatable bonds is 4. The number of carbonyl (C=O) groups excluding carboxylic acids is 1. The zero-order valence-corrected chi connectivity index (χ0v) is 15.3. The molecule has 23 heavy (non-hydrogen) atoms. The Labute approximate surface area is 151 Å². The van der Waals surface area contributed by atoms with Crippen molar-refractivity contribution in [2.45, 2.75) is 49.9 Å². The minimum absolute atomic E-state index is 0. The maximum Gasteiger partial charge on any atom is 0.242 e. The number of nitrogens with one attached hydrogen (secondary N) is 2. The van der Waals surface area contributed by atoms with E-state index in [1.165, 1.54) is 12.8 Å². The molecule has 4 nitrogen and oxygen atoms in total. The molecule has 0 spiro atoms. The van der Waals surface area contributed by atoms with E-state index >= 15 is 0 Å². The fraction of sp³-hybridized carbons (Fsp3) is 0.588. The monoisotopic (exact) mass is 359 g/mol. The molecule has 2 bridgehead atoms. The molecule has 0 saturated carbocycles. The van der Waals surface area contributed by atoms with Crippen LogP contribution in [0.15, 0.2) is 30.3 Å². The number of likely N-dealkylation sites (N-methyl/N-ethyl adjacent to an activating group) is 1. The fourth-order valence-corrected chi connectivity index (χ4v) is 3.77. The van der Waals surface area contributed by atoms with Gasteiger partial charge in [-0.25, -0.2) is 0 Å². The summed E-state index contributed by atoms with van der Waals surface area (Å²) in [5.74, 6) is 0.123. The Hall–Kier alpha value is -0.810. The van der Waals surface area contributed by atoms with E-state index in [1.54, 1.807) is 0 Å². The van der Waals surface area contributed by atoms with Crippen LogP contribution in [0.3, 0.4) is 0 Å². The summed E-state index contributed by atoms with van der Waals surface area (Å²) in [6, 6.07) is 11.3. The van der Waals surface area contributed by atoms with Crippen molar-refractivity contribution in [3.05, 3.63) is 35.9 Å². The summed E-state index contributed by atoms with van der Waals surface area (Å²) in [7, 11) is 3.92. The summed E-state index contributed by atoms with van der Waals surface area (Å²) in [6.07, 6.45) is 4.65. The van der Waals surface area contributed by atoms with Gasteiger partial charge < -0.3 is 10.6 Å². The molecular formula is C17H27Cl2N3O. The molecule has 0 aromatic heterocycles. The van der Waals surface area contributed by atoms with Gasteiger partial charge in [-0.15, -0.1) is 24.8 Å². The molecule has 0 radical (unpaired) electrons. The van der Waals surface area contributed by atoms with Gasteiger partial charge in [0.1, 0.15) is 6.04 Å². The molecule has 3 unspecified atom stereocenters. The number of benzene rings is 1. The second kappa shape index (κ2) is 8.88. The van der Waals surface area contributed by atoms with Crippen molar-refractivity contribution in [3.63, 3.8) is 0 Å². The average molecular weight is 360 g/mol. The Kier molecular flexibility index (Phi) is 7.81. The third kappa shape index (κ3) is 4.83. The van der Waals surface area contributed by atoms with Crippen molar-refractivity contribution in [1.29, 1.82) is 0 Å². The fourth-order valence-electron chi connectivity index (χ4n) is 3.77. The van der Waals surface area contributed by atoms with Crippen LogP contribution in [0.4, 0.5) is 0 Å². The van der Waals surface area contributed by atoms with Crippen LogP contribution in [0.2, 0.25) is 0 Å². The Balaban J connectivity index is 0.00000132. The second-order valence-corrected chi connectivity index (χ2v) is 6.59. The normalized spacial score (nSPS) is 26.8. The maximum atomic E-state index is 12.7. The molecule has 6 heteroatoms. The lowest BCUT2D eigenvalue weighted by Gasteiger charge is -2.32. The highest BCUT2D eigenvalue weighted by Crippen LogP contribution is 2.27. The summed E-state index contributed by atoms with van der Waals surface area (Å²) in [5, 5.41) is 6.89. The van der Waals surface area contributed by atoms with Crippen LogP contribution in [0.1, 0.15) is 37.3 Å². The predicted molar refractivity (Wildman–Crippen MR) is 98.5 cm³/mol. The summed E-state index contributed by atoms with van der Waals surface area (Å²) in [4.78, 5) is 14.7. The van der Waals surface area contributed by atoms with E-state index in [4.69, 9.17) is 0 Å². The first-order valence-corrected chi connectivity index (χ1v) is 7.91. The minimum Gasteiger partial charge on any atom is -0.352 e. The summed E-state index contributed by atoms with van der Waals surface area (Å²) >= 11 is 0. The molecule has 3 rings (SSSR count). The van der Waals surface area contributed by atoms with Gasteiger partial charge in [0.15, 0.2) is 0 Å². The molecule has 2 aliphatic rings. The lowest BCUT2D eigenvalue weighted by atomic mass is 9.98. The van der Waals surface area contributed by atoms with Gasteiger partial charge in [-0.05, 0) is 45.3 Å². The predicted octanol–water partition coefficient (Wildman–Crippen LogP) is 2.53. The average Bonchev–Trinajstić information content (AvgIpc) is 2.79. The molecule has 0 aliphatic carbocycles. The molecule has 3 atom stereocenters. The topological polar surface area (TPSA) is 44.4 Å². The van der Waals surface area contributed by atoms with Crippen LogP contribution in [-0.4, -0.2) is 43.0 Å². The highest BCUT2D eigenvalue weighted by Gasteiger charge is 2.35. The molecule has 2 aliphatic heterocycles. The summed E-state index contributed by atoms with van der Waals surface area (Å²) < 4.78 is 0. The highest BCUT2D eigenvalue weighted by atomic mass is 35.5. The van der Waals surface area contributed by atoms with E-state index in [0.29, 0.717) is 18.1 Å². The first-order valence-electron chi connectivity index (χ1n) is 7.91. The van der Waals surface area contributed by atoms with Crippen molar-refractivity contribution < 1.29 is 4.79 Å². The summed E-state index contributed by atoms with van der Waals surface area (Å²) in [6.45, 7) is 0. The smallest absolute Gasteiger partial charge is 0.242 e. The quantitative estimate of drug-likeness (QED) is 0.867. The number of nitrogens with zero attached hydrogens (tertiary/aromatic N) is 1. The molecule has 1 aromatic carbocycles. The molecule has 130 valence electrons. The highest BCUT2D eigenvalue weighted by molar-refractivity contribution is 5.85. The van der Waals surface area contributed by atoms with Gasteiger partial charge in [-0.1, -0.05) is 30.3 Å². The Morgan fingerprint density at radius 2 is 1.70 bits per heavy atom. The van der Waals surface area contributed by atoms with Crippen LogP contribution >= 0.6 is 24.8 Å². The van der Waals surface area contributed by atoms with Gasteiger partial charge in [0.05, 0.1) is 0 Å². The van der Waals surface area contributed by atoms with E-state index in [9.17, 15) is 4.79 Å². The van der Waals surface area contributed by atoms with Gasteiger partial charge in [-0.3, -0.25) is 9.69 Å². The molecule has 2 fully saturated rings. The number of hydrogen-bond donors (Lipinski definition) is 2. The third-order valence-electron chi connectivity index (χ3n) is 4.70. The van der Waals surface area contributed by atoms with E-state index < -0.39 is 0 Å². The molecular weight excluding hydrogens is 333 g/mol. The number of piperidine rings is 1. The SMILES string of the molecule is CN(C)C(C(=O)NC1CC2CCC(C1)N2)c1ccccc1.Cl.Cl. The van der Waals surface area contributed by atoms with Gasteiger partial charge in [0, 0.05) is 18.1 Å². The second-order valence-electron chi connectivity index (χ2n) is 6.59. The van der Waals surface area contributed by atoms with Gasteiger partial charge in [-0.2, -0.15) is 0 Å². The Bertz CT molecular complexity index is 486. The lowest BCUT2D eigenvalue weighted by molar-refractivity contribution is -0.126. The van der Waals surface area contributed by atoms with E-state index in [1.807, 2.05) is 49.3 Å². The van der Waals surface area contributed by atoms with Crippen molar-refractivity contribution in [3.8, 4) is 0 Å². The largest absolute Gasteiger partial charge is 0.352 e. The number of halogens is 2. The van der Waals surface area contributed by atoms with Crippen molar-refractivity contribution >= 4 is 30.7 Å². The van der Waals surface area contributed by atoms with E-state index in [0.717, 1.165) is 18.4 Å². The first-order chi connectivity index (χ1) is 10.1. The van der Waals surface area contributed by atoms with Gasteiger partial charge in [0.25, 0.3) is 0 Å². The Morgan fingerprint density at radius 3 is 2.22 bits per heavy atom. The van der Waals surface area contributed by atoms with Crippen LogP contribution in [0, 0.1) is 0 Å². The zero-order chi connectivity index (χ0) is 14.8. The number of carbonyl (C=O) groups is 1. The first kappa shape index (κ1) is 20.2. The molecule has 1 aromatic rings. The Morgan fingerprint density at radius 1 is 1.13 bits per heavy atom. The third-order valence-corrected chi connectivity index (χ3v) is 4.70. The van der Waals surface area contributed by atoms with Crippen molar-refractivity contribution in [2.24, 2.45) is 0 Å². The van der Waals surface area contributed by atoms with Gasteiger partial charge in [0.2, 0.25) is 5.91 Å². The number of fused-ring (bicyclic) bond motifs is 2. The van der Waals surface area contributed by atoms with Crippen LogP contribution < -0.4 is 10.6 Å². The van der Waals surface area contributed by atoms with Crippen LogP contribution in [0.5, 0.6) is 0 Å². The van der Waals surface area contributed by atoms with E-state index in [-0.39, 0.29) is 36.8 Å². The zero-order valence-electron chi connectivity index (χ0n) is 13.7. The van der Waals surface area contributed by atoms with Crippen molar-refractivity contribution in [1.82, 2.24) is 15.5 Å². The number of hydrogen-bond acceptors (Lipinski definition) is 3. The number of amides is 1. The maximum absolute atomic E-state index is 12.7. The van der Waals surface area contributed by atoms with Crippen LogP contribution in [0.25, 0.3) is 0 Å². The summed E-state index contributed by atoms with van der Waals surface area (Å²) in [5.41, 5.74) is 1.05. The lowest BCUT2D eigenvalue weighted by Crippen LogP contribution is -2.50. The standard InChI is InChI=1S/C17H25N3O.2ClH/c1-20(2)16(12-6-4-3-5-7-12)17(21)19-15-10-13-8-9-14(11-15)18-13;;/h3-7,13-16,18H,8-11H2,1-2H3,(H,19,21);2*1H. The van der Waals surface area contributed by atoms with Gasteiger partial charge >= 0.3 is 0 Å². The van der Waals surface area contributed by atoms with E-state index in [2.05, 4.69) is 10.6 Å². The molecule has 2 heterocycles. The molecule has 1 amide bonds. The van der Waals surface area contributed by atoms with Crippen molar-refractivity contribution in [2.75, 3.05) is 14.1 Å². The van der Waals surface area contributed by atoms with Crippen LogP contribution in [-0.2, 0) is 4.79 Å². The minimum atomic E-state index is -0.210. The molecule has 2 N–H and O–H groups in total. The molecule has 2 saturated heterocycles.